The molecule has 0 saturated carbocycles. The van der Waals surface area contributed by atoms with E-state index >= 15 is 0 Å². The fourth-order valence-electron chi connectivity index (χ4n) is 2.24. The molecule has 0 fully saturated rings. The van der Waals surface area contributed by atoms with Crippen molar-refractivity contribution in [1.29, 1.82) is 0 Å². The van der Waals surface area contributed by atoms with Gasteiger partial charge in [-0.25, -0.2) is 4.79 Å². The Morgan fingerprint density at radius 1 is 1.00 bits per heavy atom. The normalized spacial score (nSPS) is 11.9. The monoisotopic (exact) mass is 367 g/mol. The summed E-state index contributed by atoms with van der Waals surface area (Å²) >= 11 is 1.72. The molecule has 0 radical (unpaired) electrons. The fraction of sp³-hybridized carbons (Fsp3) is 0.318. The Bertz CT molecular complexity index is 793. The minimum atomic E-state index is -0.503. The number of rotatable bonds is 3. The molecule has 26 heavy (non-hydrogen) atoms. The summed E-state index contributed by atoms with van der Waals surface area (Å²) in [6, 6.07) is 15.9. The second-order valence-corrected chi connectivity index (χ2v) is 7.85. The highest BCUT2D eigenvalue weighted by Gasteiger charge is 2.18. The van der Waals surface area contributed by atoms with Crippen LogP contribution in [0.5, 0.6) is 0 Å². The van der Waals surface area contributed by atoms with Crippen molar-refractivity contribution >= 4 is 17.9 Å². The zero-order chi connectivity index (χ0) is 19.2. The average molecular weight is 368 g/mol. The van der Waals surface area contributed by atoms with Crippen LogP contribution in [-0.2, 0) is 4.74 Å². The molecule has 0 aromatic heterocycles. The number of carbonyl (C=O) groups excluding carboxylic acids is 1. The predicted molar refractivity (Wildman–Crippen MR) is 108 cm³/mol. The molecule has 136 valence electrons. The van der Waals surface area contributed by atoms with E-state index in [4.69, 9.17) is 4.74 Å². The van der Waals surface area contributed by atoms with Crippen molar-refractivity contribution in [2.45, 2.75) is 44.2 Å². The van der Waals surface area contributed by atoms with Gasteiger partial charge in [-0.3, -0.25) is 0 Å². The molecule has 2 aromatic carbocycles. The molecule has 0 aliphatic heterocycles. The molecule has 4 heteroatoms. The van der Waals surface area contributed by atoms with E-state index in [2.05, 4.69) is 35.5 Å². The molecule has 0 bridgehead atoms. The Hall–Kier alpha value is -2.38. The lowest BCUT2D eigenvalue weighted by Crippen LogP contribution is -2.34. The molecule has 2 aromatic rings. The largest absolute Gasteiger partial charge is 0.444 e. The van der Waals surface area contributed by atoms with Crippen LogP contribution >= 0.6 is 11.8 Å². The van der Waals surface area contributed by atoms with Crippen molar-refractivity contribution < 1.29 is 9.53 Å². The van der Waals surface area contributed by atoms with Gasteiger partial charge in [0.25, 0.3) is 0 Å². The van der Waals surface area contributed by atoms with E-state index in [-0.39, 0.29) is 6.04 Å². The van der Waals surface area contributed by atoms with Gasteiger partial charge in [0.05, 0.1) is 6.04 Å². The highest BCUT2D eigenvalue weighted by molar-refractivity contribution is 7.98. The van der Waals surface area contributed by atoms with Crippen molar-refractivity contribution in [1.82, 2.24) is 5.32 Å². The molecule has 1 amide bonds. The SMILES string of the molecule is CSc1ccc(C#Cc2ccc([C@H](C)NC(=O)OC(C)(C)C)cc2)cc1. The van der Waals surface area contributed by atoms with E-state index in [0.29, 0.717) is 0 Å². The predicted octanol–water partition coefficient (Wildman–Crippen LogP) is 5.39. The second kappa shape index (κ2) is 8.82. The molecule has 0 heterocycles. The molecule has 2 rings (SSSR count). The number of ether oxygens (including phenoxy) is 1. The first-order valence-electron chi connectivity index (χ1n) is 8.52. The maximum atomic E-state index is 11.9. The summed E-state index contributed by atoms with van der Waals surface area (Å²) in [6.07, 6.45) is 1.64. The zero-order valence-corrected chi connectivity index (χ0v) is 16.7. The smallest absolute Gasteiger partial charge is 0.408 e. The summed E-state index contributed by atoms with van der Waals surface area (Å²) in [5.41, 5.74) is 2.43. The molecule has 0 aliphatic carbocycles. The van der Waals surface area contributed by atoms with Gasteiger partial charge < -0.3 is 10.1 Å². The van der Waals surface area contributed by atoms with Crippen LogP contribution in [0.3, 0.4) is 0 Å². The van der Waals surface area contributed by atoms with Crippen molar-refractivity contribution in [3.63, 3.8) is 0 Å². The lowest BCUT2D eigenvalue weighted by Gasteiger charge is -2.22. The number of hydrogen-bond donors (Lipinski definition) is 1. The van der Waals surface area contributed by atoms with E-state index in [0.717, 1.165) is 16.7 Å². The summed E-state index contributed by atoms with van der Waals surface area (Å²) in [5.74, 6) is 6.34. The van der Waals surface area contributed by atoms with Crippen molar-refractivity contribution in [2.24, 2.45) is 0 Å². The maximum absolute atomic E-state index is 11.9. The second-order valence-electron chi connectivity index (χ2n) is 6.97. The van der Waals surface area contributed by atoms with Crippen molar-refractivity contribution in [3.05, 3.63) is 65.2 Å². The van der Waals surface area contributed by atoms with Crippen LogP contribution in [0.25, 0.3) is 0 Å². The first kappa shape index (κ1) is 19.9. The van der Waals surface area contributed by atoms with Gasteiger partial charge >= 0.3 is 6.09 Å². The Kier molecular flexibility index (Phi) is 6.76. The Balaban J connectivity index is 1.99. The van der Waals surface area contributed by atoms with Gasteiger partial charge in [0.1, 0.15) is 5.60 Å². The summed E-state index contributed by atoms with van der Waals surface area (Å²) in [6.45, 7) is 7.47. The third-order valence-corrected chi connectivity index (χ3v) is 4.33. The number of alkyl carbamates (subject to hydrolysis) is 1. The van der Waals surface area contributed by atoms with Crippen LogP contribution < -0.4 is 5.32 Å². The first-order valence-corrected chi connectivity index (χ1v) is 9.75. The van der Waals surface area contributed by atoms with Crippen LogP contribution in [0.4, 0.5) is 4.79 Å². The van der Waals surface area contributed by atoms with Gasteiger partial charge in [-0.2, -0.15) is 0 Å². The summed E-state index contributed by atoms with van der Waals surface area (Å²) in [4.78, 5) is 13.1. The van der Waals surface area contributed by atoms with Crippen LogP contribution in [0, 0.1) is 11.8 Å². The topological polar surface area (TPSA) is 38.3 Å². The van der Waals surface area contributed by atoms with Gasteiger partial charge in [0, 0.05) is 16.0 Å². The van der Waals surface area contributed by atoms with E-state index in [1.165, 1.54) is 4.90 Å². The van der Waals surface area contributed by atoms with Crippen molar-refractivity contribution in [2.75, 3.05) is 6.26 Å². The fourth-order valence-corrected chi connectivity index (χ4v) is 2.65. The van der Waals surface area contributed by atoms with Gasteiger partial charge in [0.15, 0.2) is 0 Å². The molecule has 1 N–H and O–H groups in total. The summed E-state index contributed by atoms with van der Waals surface area (Å²) in [5, 5.41) is 2.84. The van der Waals surface area contributed by atoms with Gasteiger partial charge in [-0.1, -0.05) is 24.0 Å². The highest BCUT2D eigenvalue weighted by atomic mass is 32.2. The first-order chi connectivity index (χ1) is 12.3. The van der Waals surface area contributed by atoms with Crippen molar-refractivity contribution in [3.8, 4) is 11.8 Å². The Labute approximate surface area is 160 Å². The number of amides is 1. The van der Waals surface area contributed by atoms with Crippen LogP contribution in [0.15, 0.2) is 53.4 Å². The maximum Gasteiger partial charge on any atom is 0.408 e. The van der Waals surface area contributed by atoms with Gasteiger partial charge in [-0.05, 0) is 75.9 Å². The molecule has 1 atom stereocenters. The number of nitrogens with one attached hydrogen (secondary N) is 1. The molecular formula is C22H25NO2S. The minimum Gasteiger partial charge on any atom is -0.444 e. The summed E-state index contributed by atoms with van der Waals surface area (Å²) < 4.78 is 5.28. The number of hydrogen-bond acceptors (Lipinski definition) is 3. The number of benzene rings is 2. The number of thioether (sulfide) groups is 1. The third-order valence-electron chi connectivity index (χ3n) is 3.59. The van der Waals surface area contributed by atoms with Gasteiger partial charge in [-0.15, -0.1) is 11.8 Å². The quantitative estimate of drug-likeness (QED) is 0.583. The Morgan fingerprint density at radius 3 is 1.96 bits per heavy atom. The lowest BCUT2D eigenvalue weighted by atomic mass is 10.1. The highest BCUT2D eigenvalue weighted by Crippen LogP contribution is 2.16. The minimum absolute atomic E-state index is 0.133. The standard InChI is InChI=1S/C22H25NO2S/c1-16(23-21(24)25-22(2,3)4)19-12-8-17(9-13-19)6-7-18-10-14-20(26-5)15-11-18/h8-16H,1-5H3,(H,23,24)/t16-/m0/s1. The van der Waals surface area contributed by atoms with E-state index in [1.54, 1.807) is 11.8 Å². The molecule has 0 saturated heterocycles. The molecule has 0 aliphatic rings. The van der Waals surface area contributed by atoms with E-state index in [9.17, 15) is 4.79 Å². The zero-order valence-electron chi connectivity index (χ0n) is 15.9. The Morgan fingerprint density at radius 2 is 1.50 bits per heavy atom. The molecular weight excluding hydrogens is 342 g/mol. The number of carbonyl (C=O) groups is 1. The van der Waals surface area contributed by atoms with Crippen LogP contribution in [0.1, 0.15) is 50.4 Å². The third kappa shape index (κ3) is 6.50. The van der Waals surface area contributed by atoms with E-state index in [1.807, 2.05) is 64.1 Å². The van der Waals surface area contributed by atoms with E-state index < -0.39 is 11.7 Å². The summed E-state index contributed by atoms with van der Waals surface area (Å²) in [7, 11) is 0. The van der Waals surface area contributed by atoms with Crippen LogP contribution in [-0.4, -0.2) is 18.0 Å². The average Bonchev–Trinajstić information content (AvgIpc) is 2.59. The van der Waals surface area contributed by atoms with Crippen LogP contribution in [0.2, 0.25) is 0 Å². The lowest BCUT2D eigenvalue weighted by molar-refractivity contribution is 0.0508. The molecule has 3 nitrogen and oxygen atoms in total. The van der Waals surface area contributed by atoms with Gasteiger partial charge in [0.2, 0.25) is 0 Å². The molecule has 0 spiro atoms. The molecule has 0 unspecified atom stereocenters.